The van der Waals surface area contributed by atoms with Gasteiger partial charge in [0, 0.05) is 17.6 Å². The summed E-state index contributed by atoms with van der Waals surface area (Å²) < 4.78 is 0. The summed E-state index contributed by atoms with van der Waals surface area (Å²) in [5.74, 6) is 0. The summed E-state index contributed by atoms with van der Waals surface area (Å²) in [6.45, 7) is 5.73. The summed E-state index contributed by atoms with van der Waals surface area (Å²) in [7, 11) is 0. The lowest BCUT2D eigenvalue weighted by atomic mass is 10.4. The molecule has 0 spiro atoms. The summed E-state index contributed by atoms with van der Waals surface area (Å²) in [5, 5.41) is 1.18. The van der Waals surface area contributed by atoms with Crippen molar-refractivity contribution >= 4 is 11.3 Å². The van der Waals surface area contributed by atoms with Gasteiger partial charge >= 0.3 is 0 Å². The average Bonchev–Trinajstić information content (AvgIpc) is 2.63. The van der Waals surface area contributed by atoms with Gasteiger partial charge in [-0.1, -0.05) is 0 Å². The molecule has 66 valence electrons. The van der Waals surface area contributed by atoms with Gasteiger partial charge in [-0.25, -0.2) is 4.98 Å². The van der Waals surface area contributed by atoms with Crippen molar-refractivity contribution in [1.82, 2.24) is 9.88 Å². The minimum absolute atomic E-state index is 1.12. The van der Waals surface area contributed by atoms with Crippen LogP contribution in [0.1, 0.15) is 22.7 Å². The Morgan fingerprint density at radius 1 is 1.50 bits per heavy atom. The minimum atomic E-state index is 1.12. The third kappa shape index (κ3) is 1.84. The van der Waals surface area contributed by atoms with Gasteiger partial charge in [0.25, 0.3) is 0 Å². The number of rotatable bonds is 2. The monoisotopic (exact) mass is 182 g/mol. The summed E-state index contributed by atoms with van der Waals surface area (Å²) in [6, 6.07) is 0. The highest BCUT2D eigenvalue weighted by Crippen LogP contribution is 2.17. The lowest BCUT2D eigenvalue weighted by molar-refractivity contribution is 0.334. The second-order valence-corrected chi connectivity index (χ2v) is 4.65. The van der Waals surface area contributed by atoms with Crippen LogP contribution in [0.3, 0.4) is 0 Å². The molecule has 1 aliphatic heterocycles. The molecule has 1 aromatic heterocycles. The molecule has 0 atom stereocenters. The van der Waals surface area contributed by atoms with Gasteiger partial charge in [0.05, 0.1) is 5.01 Å². The van der Waals surface area contributed by atoms with Crippen LogP contribution in [0.15, 0.2) is 6.20 Å². The molecular weight excluding hydrogens is 168 g/mol. The van der Waals surface area contributed by atoms with Crippen molar-refractivity contribution in [2.45, 2.75) is 26.3 Å². The second kappa shape index (κ2) is 3.54. The molecule has 12 heavy (non-hydrogen) atoms. The van der Waals surface area contributed by atoms with Crippen LogP contribution >= 0.6 is 11.3 Å². The lowest BCUT2D eigenvalue weighted by Crippen LogP contribution is -2.17. The highest BCUT2D eigenvalue weighted by molar-refractivity contribution is 7.11. The molecule has 3 heteroatoms. The largest absolute Gasteiger partial charge is 0.298 e. The van der Waals surface area contributed by atoms with Crippen molar-refractivity contribution in [3.05, 3.63) is 16.1 Å². The van der Waals surface area contributed by atoms with E-state index in [0.717, 1.165) is 6.54 Å². The van der Waals surface area contributed by atoms with Gasteiger partial charge in [0.15, 0.2) is 0 Å². The molecule has 0 N–H and O–H groups in total. The number of aryl methyl sites for hydroxylation is 1. The number of hydrogen-bond acceptors (Lipinski definition) is 3. The SMILES string of the molecule is Cc1ncc(CN2CCCC2)s1. The Bertz CT molecular complexity index is 251. The summed E-state index contributed by atoms with van der Waals surface area (Å²) in [5.41, 5.74) is 0. The van der Waals surface area contributed by atoms with Gasteiger partial charge in [-0.15, -0.1) is 11.3 Å². The molecule has 2 rings (SSSR count). The van der Waals surface area contributed by atoms with E-state index in [1.165, 1.54) is 35.8 Å². The number of thiazole rings is 1. The van der Waals surface area contributed by atoms with Crippen LogP contribution in [0, 0.1) is 6.92 Å². The highest BCUT2D eigenvalue weighted by atomic mass is 32.1. The van der Waals surface area contributed by atoms with E-state index in [9.17, 15) is 0 Å². The normalized spacial score (nSPS) is 18.8. The second-order valence-electron chi connectivity index (χ2n) is 3.33. The predicted octanol–water partition coefficient (Wildman–Crippen LogP) is 2.05. The van der Waals surface area contributed by atoms with E-state index >= 15 is 0 Å². The Balaban J connectivity index is 1.94. The van der Waals surface area contributed by atoms with Crippen LogP contribution in [0.4, 0.5) is 0 Å². The number of likely N-dealkylation sites (tertiary alicyclic amines) is 1. The molecular formula is C9H14N2S. The third-order valence-electron chi connectivity index (χ3n) is 2.25. The highest BCUT2D eigenvalue weighted by Gasteiger charge is 2.12. The van der Waals surface area contributed by atoms with Gasteiger partial charge < -0.3 is 0 Å². The van der Waals surface area contributed by atoms with E-state index in [0.29, 0.717) is 0 Å². The van der Waals surface area contributed by atoms with Crippen LogP contribution in [0.2, 0.25) is 0 Å². The molecule has 1 aromatic rings. The Morgan fingerprint density at radius 2 is 2.25 bits per heavy atom. The molecule has 0 radical (unpaired) electrons. The fourth-order valence-corrected chi connectivity index (χ4v) is 2.48. The Kier molecular flexibility index (Phi) is 2.42. The number of hydrogen-bond donors (Lipinski definition) is 0. The smallest absolute Gasteiger partial charge is 0.0897 e. The van der Waals surface area contributed by atoms with Crippen LogP contribution in [-0.4, -0.2) is 23.0 Å². The quantitative estimate of drug-likeness (QED) is 0.696. The summed E-state index contributed by atoms with van der Waals surface area (Å²) in [6.07, 6.45) is 4.76. The first kappa shape index (κ1) is 8.20. The Labute approximate surface area is 77.2 Å². The summed E-state index contributed by atoms with van der Waals surface area (Å²) in [4.78, 5) is 8.17. The first-order chi connectivity index (χ1) is 5.84. The van der Waals surface area contributed by atoms with E-state index < -0.39 is 0 Å². The zero-order valence-corrected chi connectivity index (χ0v) is 8.23. The number of aromatic nitrogens is 1. The molecule has 1 aliphatic rings. The first-order valence-corrected chi connectivity index (χ1v) is 5.30. The van der Waals surface area contributed by atoms with Crippen molar-refractivity contribution in [2.75, 3.05) is 13.1 Å². The molecule has 0 unspecified atom stereocenters. The zero-order chi connectivity index (χ0) is 8.39. The van der Waals surface area contributed by atoms with E-state index in [-0.39, 0.29) is 0 Å². The average molecular weight is 182 g/mol. The van der Waals surface area contributed by atoms with E-state index in [4.69, 9.17) is 0 Å². The molecule has 0 aromatic carbocycles. The van der Waals surface area contributed by atoms with E-state index in [1.54, 1.807) is 0 Å². The van der Waals surface area contributed by atoms with Crippen molar-refractivity contribution in [3.8, 4) is 0 Å². The molecule has 0 bridgehead atoms. The first-order valence-electron chi connectivity index (χ1n) is 4.48. The third-order valence-corrected chi connectivity index (χ3v) is 3.14. The maximum absolute atomic E-state index is 4.25. The predicted molar refractivity (Wildman–Crippen MR) is 51.4 cm³/mol. The van der Waals surface area contributed by atoms with Gasteiger partial charge in [-0.3, -0.25) is 4.90 Å². The van der Waals surface area contributed by atoms with Crippen LogP contribution in [0.5, 0.6) is 0 Å². The van der Waals surface area contributed by atoms with Gasteiger partial charge in [-0.2, -0.15) is 0 Å². The molecule has 0 saturated carbocycles. The standard InChI is InChI=1S/C9H14N2S/c1-8-10-6-9(12-8)7-11-4-2-3-5-11/h6H,2-5,7H2,1H3. The number of nitrogens with zero attached hydrogens (tertiary/aromatic N) is 2. The maximum Gasteiger partial charge on any atom is 0.0897 e. The maximum atomic E-state index is 4.25. The van der Waals surface area contributed by atoms with Crippen LogP contribution in [0.25, 0.3) is 0 Å². The topological polar surface area (TPSA) is 16.1 Å². The van der Waals surface area contributed by atoms with E-state index in [2.05, 4.69) is 16.8 Å². The zero-order valence-electron chi connectivity index (χ0n) is 7.42. The molecule has 2 heterocycles. The van der Waals surface area contributed by atoms with Crippen LogP contribution < -0.4 is 0 Å². The summed E-state index contributed by atoms with van der Waals surface area (Å²) >= 11 is 1.82. The van der Waals surface area contributed by atoms with Crippen molar-refractivity contribution in [3.63, 3.8) is 0 Å². The Hall–Kier alpha value is -0.410. The molecule has 0 aliphatic carbocycles. The molecule has 2 nitrogen and oxygen atoms in total. The molecule has 1 fully saturated rings. The van der Waals surface area contributed by atoms with Crippen molar-refractivity contribution in [1.29, 1.82) is 0 Å². The van der Waals surface area contributed by atoms with Gasteiger partial charge in [-0.05, 0) is 32.9 Å². The fraction of sp³-hybridized carbons (Fsp3) is 0.667. The fourth-order valence-electron chi connectivity index (χ4n) is 1.64. The van der Waals surface area contributed by atoms with Crippen molar-refractivity contribution < 1.29 is 0 Å². The van der Waals surface area contributed by atoms with Crippen LogP contribution in [-0.2, 0) is 6.54 Å². The molecule has 1 saturated heterocycles. The van der Waals surface area contributed by atoms with Gasteiger partial charge in [0.1, 0.15) is 0 Å². The van der Waals surface area contributed by atoms with Crippen molar-refractivity contribution in [2.24, 2.45) is 0 Å². The molecule has 0 amide bonds. The minimum Gasteiger partial charge on any atom is -0.298 e. The van der Waals surface area contributed by atoms with E-state index in [1.807, 2.05) is 17.5 Å². The lowest BCUT2D eigenvalue weighted by Gasteiger charge is -2.11. The van der Waals surface area contributed by atoms with Gasteiger partial charge in [0.2, 0.25) is 0 Å². The Morgan fingerprint density at radius 3 is 2.83 bits per heavy atom.